The number of likely N-dealkylation sites (tertiary alicyclic amines) is 1. The van der Waals surface area contributed by atoms with Gasteiger partial charge in [0, 0.05) is 57.6 Å². The number of rotatable bonds is 7. The van der Waals surface area contributed by atoms with E-state index in [1.165, 1.54) is 11.1 Å². The molecule has 1 amide bonds. The van der Waals surface area contributed by atoms with Crippen LogP contribution in [0.25, 0.3) is 11.4 Å². The van der Waals surface area contributed by atoms with Crippen molar-refractivity contribution in [1.29, 1.82) is 0 Å². The monoisotopic (exact) mass is 527 g/mol. The van der Waals surface area contributed by atoms with Gasteiger partial charge in [0.2, 0.25) is 0 Å². The fourth-order valence-electron chi connectivity index (χ4n) is 5.35. The van der Waals surface area contributed by atoms with E-state index in [0.29, 0.717) is 36.9 Å². The molecule has 39 heavy (non-hydrogen) atoms. The molecule has 2 aromatic carbocycles. The fourth-order valence-corrected chi connectivity index (χ4v) is 5.35. The van der Waals surface area contributed by atoms with Gasteiger partial charge in [0.1, 0.15) is 11.4 Å². The van der Waals surface area contributed by atoms with Crippen LogP contribution in [0.4, 0.5) is 5.82 Å². The van der Waals surface area contributed by atoms with E-state index < -0.39 is 0 Å². The van der Waals surface area contributed by atoms with E-state index >= 15 is 0 Å². The van der Waals surface area contributed by atoms with Gasteiger partial charge in [-0.15, -0.1) is 0 Å². The van der Waals surface area contributed by atoms with Gasteiger partial charge in [0.05, 0.1) is 12.5 Å². The molecule has 0 radical (unpaired) electrons. The van der Waals surface area contributed by atoms with Gasteiger partial charge in [0.25, 0.3) is 5.91 Å². The molecular formula is C31H37N5O3. The number of nitrogens with zero attached hydrogens (tertiary/aromatic N) is 5. The van der Waals surface area contributed by atoms with Crippen LogP contribution >= 0.6 is 0 Å². The van der Waals surface area contributed by atoms with Gasteiger partial charge in [0.15, 0.2) is 5.82 Å². The number of benzene rings is 2. The van der Waals surface area contributed by atoms with E-state index in [4.69, 9.17) is 9.72 Å². The van der Waals surface area contributed by atoms with Gasteiger partial charge in [-0.3, -0.25) is 14.5 Å². The van der Waals surface area contributed by atoms with Crippen LogP contribution in [0.5, 0.6) is 0 Å². The van der Waals surface area contributed by atoms with Crippen molar-refractivity contribution in [2.45, 2.75) is 33.2 Å². The van der Waals surface area contributed by atoms with Crippen LogP contribution in [0.15, 0.2) is 60.8 Å². The number of anilines is 1. The minimum atomic E-state index is -0.291. The number of piperazine rings is 1. The summed E-state index contributed by atoms with van der Waals surface area (Å²) in [5.74, 6) is 0.636. The van der Waals surface area contributed by atoms with Crippen molar-refractivity contribution in [3.05, 3.63) is 77.5 Å². The number of amides is 1. The first-order valence-corrected chi connectivity index (χ1v) is 13.9. The summed E-state index contributed by atoms with van der Waals surface area (Å²) in [5, 5.41) is 0. The number of ether oxygens (including phenoxy) is 1. The van der Waals surface area contributed by atoms with Crippen molar-refractivity contribution >= 4 is 17.7 Å². The van der Waals surface area contributed by atoms with Gasteiger partial charge in [-0.25, -0.2) is 9.97 Å². The van der Waals surface area contributed by atoms with Crippen LogP contribution < -0.4 is 4.90 Å². The average Bonchev–Trinajstić information content (AvgIpc) is 2.98. The summed E-state index contributed by atoms with van der Waals surface area (Å²) in [6, 6.07) is 18.6. The maximum atomic E-state index is 13.8. The molecule has 8 heteroatoms. The van der Waals surface area contributed by atoms with Crippen molar-refractivity contribution in [3.8, 4) is 11.4 Å². The Morgan fingerprint density at radius 1 is 0.974 bits per heavy atom. The predicted octanol–water partition coefficient (Wildman–Crippen LogP) is 4.19. The molecule has 0 spiro atoms. The number of hydrogen-bond acceptors (Lipinski definition) is 7. The number of piperidine rings is 1. The highest BCUT2D eigenvalue weighted by Crippen LogP contribution is 2.27. The van der Waals surface area contributed by atoms with Crippen LogP contribution in [0.2, 0.25) is 0 Å². The van der Waals surface area contributed by atoms with Crippen LogP contribution in [-0.2, 0) is 16.1 Å². The lowest BCUT2D eigenvalue weighted by Crippen LogP contribution is -2.47. The standard InChI is InChI=1S/C31H37N5O3/c1-3-39-31(38)26-10-7-15-36(22-26)30(37)27-20-32-28(25-13-11-23(2)12-14-25)33-29(27)35-18-16-34(17-19-35)21-24-8-5-4-6-9-24/h4-6,8-9,11-14,20,26H,3,7,10,15-19,21-22H2,1-2H3. The maximum Gasteiger partial charge on any atom is 0.310 e. The van der Waals surface area contributed by atoms with Gasteiger partial charge in [-0.1, -0.05) is 60.2 Å². The molecule has 2 saturated heterocycles. The van der Waals surface area contributed by atoms with E-state index in [1.54, 1.807) is 11.1 Å². The van der Waals surface area contributed by atoms with Crippen molar-refractivity contribution in [2.24, 2.45) is 5.92 Å². The largest absolute Gasteiger partial charge is 0.466 e. The lowest BCUT2D eigenvalue weighted by Gasteiger charge is -2.37. The van der Waals surface area contributed by atoms with Crippen LogP contribution in [0.1, 0.15) is 41.3 Å². The molecule has 3 heterocycles. The molecule has 5 rings (SSSR count). The normalized spacial score (nSPS) is 18.2. The Bertz CT molecular complexity index is 1270. The molecule has 204 valence electrons. The van der Waals surface area contributed by atoms with Gasteiger partial charge >= 0.3 is 5.97 Å². The molecule has 1 unspecified atom stereocenters. The Morgan fingerprint density at radius 3 is 2.44 bits per heavy atom. The lowest BCUT2D eigenvalue weighted by atomic mass is 9.97. The quantitative estimate of drug-likeness (QED) is 0.427. The Kier molecular flexibility index (Phi) is 8.51. The Balaban J connectivity index is 1.38. The summed E-state index contributed by atoms with van der Waals surface area (Å²) in [5.41, 5.74) is 3.88. The van der Waals surface area contributed by atoms with Crippen molar-refractivity contribution < 1.29 is 14.3 Å². The summed E-state index contributed by atoms with van der Waals surface area (Å²) < 4.78 is 5.25. The SMILES string of the molecule is CCOC(=O)C1CCCN(C(=O)c2cnc(-c3ccc(C)cc3)nc2N2CCN(Cc3ccccc3)CC2)C1. The molecular weight excluding hydrogens is 490 g/mol. The summed E-state index contributed by atoms with van der Waals surface area (Å²) in [4.78, 5) is 42.2. The van der Waals surface area contributed by atoms with Crippen LogP contribution in [0.3, 0.4) is 0 Å². The second-order valence-corrected chi connectivity index (χ2v) is 10.4. The zero-order chi connectivity index (χ0) is 27.2. The summed E-state index contributed by atoms with van der Waals surface area (Å²) >= 11 is 0. The van der Waals surface area contributed by atoms with Gasteiger partial charge in [-0.05, 0) is 32.3 Å². The zero-order valence-electron chi connectivity index (χ0n) is 22.9. The molecule has 0 saturated carbocycles. The third-order valence-corrected chi connectivity index (χ3v) is 7.56. The molecule has 0 N–H and O–H groups in total. The maximum absolute atomic E-state index is 13.8. The highest BCUT2D eigenvalue weighted by Gasteiger charge is 2.32. The summed E-state index contributed by atoms with van der Waals surface area (Å²) in [7, 11) is 0. The van der Waals surface area contributed by atoms with Crippen molar-refractivity contribution in [1.82, 2.24) is 19.8 Å². The first kappa shape index (κ1) is 26.8. The number of carbonyl (C=O) groups excluding carboxylic acids is 2. The fraction of sp³-hybridized carbons (Fsp3) is 0.419. The summed E-state index contributed by atoms with van der Waals surface area (Å²) in [6.07, 6.45) is 3.18. The molecule has 8 nitrogen and oxygen atoms in total. The lowest BCUT2D eigenvalue weighted by molar-refractivity contribution is -0.149. The van der Waals surface area contributed by atoms with Gasteiger partial charge in [-0.2, -0.15) is 0 Å². The van der Waals surface area contributed by atoms with Crippen LogP contribution in [-0.4, -0.2) is 77.5 Å². The first-order valence-electron chi connectivity index (χ1n) is 13.9. The molecule has 2 aliphatic rings. The average molecular weight is 528 g/mol. The van der Waals surface area contributed by atoms with E-state index in [0.717, 1.165) is 51.1 Å². The molecule has 1 aromatic heterocycles. The molecule has 0 aliphatic carbocycles. The third-order valence-electron chi connectivity index (χ3n) is 7.56. The molecule has 1 atom stereocenters. The third kappa shape index (κ3) is 6.45. The second-order valence-electron chi connectivity index (χ2n) is 10.4. The highest BCUT2D eigenvalue weighted by molar-refractivity contribution is 5.99. The molecule has 2 aliphatic heterocycles. The zero-order valence-corrected chi connectivity index (χ0v) is 22.9. The minimum absolute atomic E-state index is 0.124. The first-order chi connectivity index (χ1) is 19.0. The minimum Gasteiger partial charge on any atom is -0.466 e. The van der Waals surface area contributed by atoms with E-state index in [1.807, 2.05) is 37.3 Å². The number of aryl methyl sites for hydroxylation is 1. The number of aromatic nitrogens is 2. The number of hydrogen-bond donors (Lipinski definition) is 0. The topological polar surface area (TPSA) is 78.9 Å². The number of carbonyl (C=O) groups is 2. The van der Waals surface area contributed by atoms with E-state index in [9.17, 15) is 9.59 Å². The smallest absolute Gasteiger partial charge is 0.310 e. The van der Waals surface area contributed by atoms with E-state index in [-0.39, 0.29) is 17.8 Å². The Labute approximate surface area is 230 Å². The molecule has 2 fully saturated rings. The molecule has 3 aromatic rings. The van der Waals surface area contributed by atoms with E-state index in [2.05, 4.69) is 46.0 Å². The number of esters is 1. The molecule has 0 bridgehead atoms. The highest BCUT2D eigenvalue weighted by atomic mass is 16.5. The Hall–Kier alpha value is -3.78. The second kappa shape index (κ2) is 12.4. The predicted molar refractivity (Wildman–Crippen MR) is 151 cm³/mol. The van der Waals surface area contributed by atoms with Crippen LogP contribution in [0, 0.1) is 12.8 Å². The van der Waals surface area contributed by atoms with Crippen molar-refractivity contribution in [3.63, 3.8) is 0 Å². The summed E-state index contributed by atoms with van der Waals surface area (Å²) in [6.45, 7) is 9.37. The Morgan fingerprint density at radius 2 is 1.72 bits per heavy atom. The van der Waals surface area contributed by atoms with Gasteiger partial charge < -0.3 is 14.5 Å². The van der Waals surface area contributed by atoms with Crippen molar-refractivity contribution in [2.75, 3.05) is 50.8 Å².